The number of rotatable bonds is 4. The second kappa shape index (κ2) is 5.11. The quantitative estimate of drug-likeness (QED) is 0.910. The topological polar surface area (TPSA) is 63.9 Å². The summed E-state index contributed by atoms with van der Waals surface area (Å²) in [6, 6.07) is 3.45. The zero-order valence-corrected chi connectivity index (χ0v) is 11.7. The highest BCUT2D eigenvalue weighted by atomic mass is 19.1. The first-order valence-electron chi connectivity index (χ1n) is 6.88. The molecule has 0 radical (unpaired) electrons. The highest BCUT2D eigenvalue weighted by molar-refractivity contribution is 5.76. The molecule has 0 spiro atoms. The fraction of sp³-hybridized carbons (Fsp3) is 0.400. The van der Waals surface area contributed by atoms with Crippen LogP contribution in [0.5, 0.6) is 0 Å². The van der Waals surface area contributed by atoms with Crippen molar-refractivity contribution in [2.45, 2.75) is 31.3 Å². The van der Waals surface area contributed by atoms with Crippen LogP contribution in [0.2, 0.25) is 0 Å². The molecule has 4 nitrogen and oxygen atoms in total. The minimum Gasteiger partial charge on any atom is -0.382 e. The summed E-state index contributed by atoms with van der Waals surface area (Å²) in [5, 5.41) is 6.83. The number of nitrogens with two attached hydrogens (primary N) is 1. The van der Waals surface area contributed by atoms with Gasteiger partial charge in [-0.05, 0) is 31.4 Å². The van der Waals surface area contributed by atoms with E-state index in [1.807, 2.05) is 0 Å². The number of nitrogens with zero attached hydrogens (tertiary/aromatic N) is 1. The Morgan fingerprint density at radius 1 is 1.38 bits per heavy atom. The average Bonchev–Trinajstić information content (AvgIpc) is 2.75. The second-order valence-corrected chi connectivity index (χ2v) is 5.50. The fourth-order valence-electron chi connectivity index (χ4n) is 2.86. The molecule has 0 saturated heterocycles. The Hall–Kier alpha value is -1.95. The summed E-state index contributed by atoms with van der Waals surface area (Å²) in [7, 11) is 1.68. The SMILES string of the molecule is COC1(Cc2[nH]nc(N)c2-c2ccc(F)cc2F)CCC1. The lowest BCUT2D eigenvalue weighted by Crippen LogP contribution is -2.41. The van der Waals surface area contributed by atoms with E-state index in [2.05, 4.69) is 10.2 Å². The second-order valence-electron chi connectivity index (χ2n) is 5.50. The first kappa shape index (κ1) is 14.0. The maximum atomic E-state index is 14.0. The monoisotopic (exact) mass is 293 g/mol. The van der Waals surface area contributed by atoms with Gasteiger partial charge in [0, 0.05) is 36.4 Å². The van der Waals surface area contributed by atoms with Gasteiger partial charge in [-0.25, -0.2) is 8.78 Å². The Morgan fingerprint density at radius 2 is 2.14 bits per heavy atom. The van der Waals surface area contributed by atoms with Crippen LogP contribution < -0.4 is 5.73 Å². The number of anilines is 1. The lowest BCUT2D eigenvalue weighted by atomic mass is 9.76. The summed E-state index contributed by atoms with van der Waals surface area (Å²) in [4.78, 5) is 0. The molecule has 1 aromatic carbocycles. The number of nitrogens with one attached hydrogen (secondary N) is 1. The zero-order valence-electron chi connectivity index (χ0n) is 11.7. The number of aromatic nitrogens is 2. The van der Waals surface area contributed by atoms with Crippen LogP contribution in [0.3, 0.4) is 0 Å². The molecule has 6 heteroatoms. The molecular weight excluding hydrogens is 276 g/mol. The van der Waals surface area contributed by atoms with Crippen LogP contribution in [0, 0.1) is 11.6 Å². The molecule has 3 N–H and O–H groups in total. The minimum atomic E-state index is -0.649. The molecule has 0 atom stereocenters. The molecule has 21 heavy (non-hydrogen) atoms. The molecule has 1 saturated carbocycles. The van der Waals surface area contributed by atoms with Gasteiger partial charge in [0.05, 0.1) is 5.60 Å². The maximum absolute atomic E-state index is 14.0. The van der Waals surface area contributed by atoms with E-state index in [-0.39, 0.29) is 17.0 Å². The first-order chi connectivity index (χ1) is 10.0. The third kappa shape index (κ3) is 2.40. The van der Waals surface area contributed by atoms with E-state index in [0.717, 1.165) is 31.0 Å². The minimum absolute atomic E-state index is 0.209. The number of hydrogen-bond donors (Lipinski definition) is 2. The van der Waals surface area contributed by atoms with Crippen LogP contribution in [-0.2, 0) is 11.2 Å². The van der Waals surface area contributed by atoms with E-state index >= 15 is 0 Å². The van der Waals surface area contributed by atoms with E-state index in [9.17, 15) is 8.78 Å². The van der Waals surface area contributed by atoms with Crippen LogP contribution in [-0.4, -0.2) is 22.9 Å². The summed E-state index contributed by atoms with van der Waals surface area (Å²) in [6.45, 7) is 0. The molecule has 1 aliphatic rings. The van der Waals surface area contributed by atoms with Crippen LogP contribution >= 0.6 is 0 Å². The predicted molar refractivity (Wildman–Crippen MR) is 75.6 cm³/mol. The van der Waals surface area contributed by atoms with Gasteiger partial charge in [-0.1, -0.05) is 0 Å². The van der Waals surface area contributed by atoms with E-state index in [1.54, 1.807) is 7.11 Å². The van der Waals surface area contributed by atoms with E-state index in [4.69, 9.17) is 10.5 Å². The van der Waals surface area contributed by atoms with Crippen LogP contribution in [0.15, 0.2) is 18.2 Å². The number of ether oxygens (including phenoxy) is 1. The van der Waals surface area contributed by atoms with Gasteiger partial charge in [0.25, 0.3) is 0 Å². The molecule has 0 unspecified atom stereocenters. The number of hydrogen-bond acceptors (Lipinski definition) is 3. The van der Waals surface area contributed by atoms with Crippen molar-refractivity contribution < 1.29 is 13.5 Å². The number of aromatic amines is 1. The molecular formula is C15H17F2N3O. The highest BCUT2D eigenvalue weighted by Gasteiger charge is 2.38. The van der Waals surface area contributed by atoms with Crippen molar-refractivity contribution in [2.75, 3.05) is 12.8 Å². The predicted octanol–water partition coefficient (Wildman–Crippen LogP) is 3.05. The van der Waals surface area contributed by atoms with E-state index in [0.29, 0.717) is 12.0 Å². The summed E-state index contributed by atoms with van der Waals surface area (Å²) in [5.41, 5.74) is 7.10. The van der Waals surface area contributed by atoms with Gasteiger partial charge in [-0.3, -0.25) is 5.10 Å². The summed E-state index contributed by atoms with van der Waals surface area (Å²) < 4.78 is 32.7. The summed E-state index contributed by atoms with van der Waals surface area (Å²) in [6.07, 6.45) is 3.60. The van der Waals surface area contributed by atoms with Crippen molar-refractivity contribution in [3.05, 3.63) is 35.5 Å². The molecule has 1 aliphatic carbocycles. The van der Waals surface area contributed by atoms with Gasteiger partial charge in [0.15, 0.2) is 5.82 Å². The van der Waals surface area contributed by atoms with Crippen LogP contribution in [0.1, 0.15) is 25.0 Å². The van der Waals surface area contributed by atoms with E-state index < -0.39 is 11.6 Å². The van der Waals surface area contributed by atoms with Crippen molar-refractivity contribution in [3.63, 3.8) is 0 Å². The number of halogens is 2. The fourth-order valence-corrected chi connectivity index (χ4v) is 2.86. The van der Waals surface area contributed by atoms with Crippen molar-refractivity contribution in [2.24, 2.45) is 0 Å². The Kier molecular flexibility index (Phi) is 3.41. The third-order valence-corrected chi connectivity index (χ3v) is 4.27. The van der Waals surface area contributed by atoms with Crippen molar-refractivity contribution in [3.8, 4) is 11.1 Å². The van der Waals surface area contributed by atoms with Gasteiger partial charge in [-0.2, -0.15) is 5.10 Å². The third-order valence-electron chi connectivity index (χ3n) is 4.27. The zero-order chi connectivity index (χ0) is 15.0. The Labute approximate surface area is 121 Å². The average molecular weight is 293 g/mol. The number of benzene rings is 1. The maximum Gasteiger partial charge on any atom is 0.153 e. The van der Waals surface area contributed by atoms with Crippen LogP contribution in [0.4, 0.5) is 14.6 Å². The lowest BCUT2D eigenvalue weighted by molar-refractivity contribution is -0.0713. The van der Waals surface area contributed by atoms with Gasteiger partial charge < -0.3 is 10.5 Å². The number of nitrogen functional groups attached to an aromatic ring is 1. The Morgan fingerprint density at radius 3 is 2.71 bits per heavy atom. The number of methoxy groups -OCH3 is 1. The van der Waals surface area contributed by atoms with E-state index in [1.165, 1.54) is 12.1 Å². The standard InChI is InChI=1S/C15H17F2N3O/c1-21-15(5-2-6-15)8-12-13(14(18)20-19-12)10-4-3-9(16)7-11(10)17/h3-4,7H,2,5-6,8H2,1H3,(H3,18,19,20). The van der Waals surface area contributed by atoms with Gasteiger partial charge in [0.1, 0.15) is 11.6 Å². The molecule has 112 valence electrons. The molecule has 0 aliphatic heterocycles. The molecule has 0 bridgehead atoms. The number of H-pyrrole nitrogens is 1. The first-order valence-corrected chi connectivity index (χ1v) is 6.88. The van der Waals surface area contributed by atoms with Gasteiger partial charge >= 0.3 is 0 Å². The Balaban J connectivity index is 2.01. The van der Waals surface area contributed by atoms with Crippen molar-refractivity contribution in [1.29, 1.82) is 0 Å². The highest BCUT2D eigenvalue weighted by Crippen LogP contribution is 2.40. The molecule has 2 aromatic rings. The van der Waals surface area contributed by atoms with Gasteiger partial charge in [-0.15, -0.1) is 0 Å². The normalized spacial score (nSPS) is 16.7. The largest absolute Gasteiger partial charge is 0.382 e. The molecule has 0 amide bonds. The molecule has 3 rings (SSSR count). The summed E-state index contributed by atoms with van der Waals surface area (Å²) >= 11 is 0. The summed E-state index contributed by atoms with van der Waals surface area (Å²) in [5.74, 6) is -1.06. The lowest BCUT2D eigenvalue weighted by Gasteiger charge is -2.40. The van der Waals surface area contributed by atoms with Crippen molar-refractivity contribution >= 4 is 5.82 Å². The Bertz CT molecular complexity index is 659. The van der Waals surface area contributed by atoms with Gasteiger partial charge in [0.2, 0.25) is 0 Å². The molecule has 1 heterocycles. The smallest absolute Gasteiger partial charge is 0.153 e. The molecule has 1 aromatic heterocycles. The van der Waals surface area contributed by atoms with Crippen molar-refractivity contribution in [1.82, 2.24) is 10.2 Å². The van der Waals surface area contributed by atoms with Crippen LogP contribution in [0.25, 0.3) is 11.1 Å². The molecule has 1 fully saturated rings.